The fraction of sp³-hybridized carbons (Fsp3) is 0.517. The lowest BCUT2D eigenvalue weighted by molar-refractivity contribution is -0.139. The number of hydrogen-bond acceptors (Lipinski definition) is 9. The summed E-state index contributed by atoms with van der Waals surface area (Å²) < 4.78 is 67.5. The fourth-order valence-electron chi connectivity index (χ4n) is 5.44. The number of carbonyl (C=O) groups excluding carboxylic acids is 1. The predicted molar refractivity (Wildman–Crippen MR) is 156 cm³/mol. The number of benzene rings is 1. The monoisotopic (exact) mass is 620 g/mol. The standard InChI is InChI=1S/C29H36F4N8O3/c1-28(7-10-43-11-8-28)36-14-18(13-34)27(42)35-15-25-38-26(39-44-25)24-12-19-21(37-22-6-9-40(2)16-20(22)30)4-3-5-23(19)41(24)17-29(31,32)33/h3-5,12-14,20,22,34,36-37H,6-11,15-17H2,1-2H3,(H,35,42)/b18-14+,34-13?/t20-,22+/m0/s1. The number of hydrogen-bond donors (Lipinski definition) is 4. The minimum absolute atomic E-state index is 0.0317. The van der Waals surface area contributed by atoms with Crippen molar-refractivity contribution in [3.63, 3.8) is 0 Å². The first-order chi connectivity index (χ1) is 20.9. The molecule has 0 spiro atoms. The Bertz CT molecular complexity index is 1510. The summed E-state index contributed by atoms with van der Waals surface area (Å²) in [5.74, 6) is -0.694. The number of nitrogens with zero attached hydrogens (tertiary/aromatic N) is 4. The Morgan fingerprint density at radius 2 is 2.05 bits per heavy atom. The molecule has 5 rings (SSSR count). The molecule has 15 heteroatoms. The van der Waals surface area contributed by atoms with Crippen LogP contribution in [0.5, 0.6) is 0 Å². The van der Waals surface area contributed by atoms with Gasteiger partial charge >= 0.3 is 6.18 Å². The van der Waals surface area contributed by atoms with E-state index in [1.54, 1.807) is 18.2 Å². The van der Waals surface area contributed by atoms with Crippen molar-refractivity contribution in [1.29, 1.82) is 5.41 Å². The Hall–Kier alpha value is -3.98. The van der Waals surface area contributed by atoms with Crippen LogP contribution >= 0.6 is 0 Å². The molecular weight excluding hydrogens is 584 g/mol. The highest BCUT2D eigenvalue weighted by Crippen LogP contribution is 2.35. The van der Waals surface area contributed by atoms with Gasteiger partial charge in [-0.3, -0.25) is 4.79 Å². The summed E-state index contributed by atoms with van der Waals surface area (Å²) in [6.45, 7) is 2.65. The number of amides is 1. The predicted octanol–water partition coefficient (Wildman–Crippen LogP) is 4.02. The molecule has 11 nitrogen and oxygen atoms in total. The molecule has 0 radical (unpaired) electrons. The first kappa shape index (κ1) is 31.4. The van der Waals surface area contributed by atoms with E-state index >= 15 is 0 Å². The highest BCUT2D eigenvalue weighted by Gasteiger charge is 2.32. The first-order valence-corrected chi connectivity index (χ1v) is 14.4. The number of nitrogens with one attached hydrogen (secondary N) is 4. The van der Waals surface area contributed by atoms with Crippen molar-refractivity contribution in [3.8, 4) is 11.5 Å². The third-order valence-corrected chi connectivity index (χ3v) is 8.06. The maximum atomic E-state index is 14.8. The molecule has 2 aliphatic heterocycles. The minimum atomic E-state index is -4.55. The maximum absolute atomic E-state index is 14.8. The van der Waals surface area contributed by atoms with E-state index in [0.29, 0.717) is 37.3 Å². The van der Waals surface area contributed by atoms with Crippen molar-refractivity contribution < 1.29 is 31.6 Å². The third-order valence-electron chi connectivity index (χ3n) is 8.06. The first-order valence-electron chi connectivity index (χ1n) is 14.4. The highest BCUT2D eigenvalue weighted by atomic mass is 19.4. The average Bonchev–Trinajstić information content (AvgIpc) is 3.58. The van der Waals surface area contributed by atoms with Crippen LogP contribution in [0, 0.1) is 5.41 Å². The smallest absolute Gasteiger partial charge is 0.385 e. The molecule has 0 unspecified atom stereocenters. The molecule has 44 heavy (non-hydrogen) atoms. The number of anilines is 1. The third kappa shape index (κ3) is 7.38. The van der Waals surface area contributed by atoms with E-state index in [1.165, 1.54) is 12.3 Å². The molecule has 3 aromatic rings. The van der Waals surface area contributed by atoms with Crippen molar-refractivity contribution in [2.75, 3.05) is 38.7 Å². The maximum Gasteiger partial charge on any atom is 0.406 e. The average molecular weight is 621 g/mol. The van der Waals surface area contributed by atoms with E-state index in [2.05, 4.69) is 26.1 Å². The van der Waals surface area contributed by atoms with Crippen LogP contribution in [0.3, 0.4) is 0 Å². The Morgan fingerprint density at radius 1 is 1.27 bits per heavy atom. The Morgan fingerprint density at radius 3 is 2.75 bits per heavy atom. The van der Waals surface area contributed by atoms with Crippen LogP contribution in [0.15, 0.2) is 40.6 Å². The summed E-state index contributed by atoms with van der Waals surface area (Å²) in [6, 6.07) is 5.92. The SMILES string of the molecule is CN1CC[C@@H](Nc2cccc3c2cc(-c2noc(CNC(=O)/C(C=N)=C/NC4(C)CCOCC4)n2)n3CC(F)(F)F)[C@@H](F)C1. The van der Waals surface area contributed by atoms with Gasteiger partial charge in [0, 0.05) is 55.3 Å². The highest BCUT2D eigenvalue weighted by molar-refractivity contribution is 6.11. The van der Waals surface area contributed by atoms with Crippen LogP contribution in [0.25, 0.3) is 22.4 Å². The van der Waals surface area contributed by atoms with Crippen LogP contribution in [0.1, 0.15) is 32.1 Å². The molecule has 0 saturated carbocycles. The van der Waals surface area contributed by atoms with E-state index in [-0.39, 0.29) is 47.1 Å². The van der Waals surface area contributed by atoms with Gasteiger partial charge in [-0.2, -0.15) is 18.2 Å². The van der Waals surface area contributed by atoms with Crippen molar-refractivity contribution in [2.45, 2.75) is 63.2 Å². The molecule has 1 aromatic carbocycles. The summed E-state index contributed by atoms with van der Waals surface area (Å²) in [4.78, 5) is 18.9. The minimum Gasteiger partial charge on any atom is -0.385 e. The summed E-state index contributed by atoms with van der Waals surface area (Å²) in [6.07, 6.45) is -1.25. The zero-order valence-electron chi connectivity index (χ0n) is 24.5. The zero-order valence-corrected chi connectivity index (χ0v) is 24.5. The van der Waals surface area contributed by atoms with E-state index in [1.807, 2.05) is 18.9 Å². The molecule has 4 N–H and O–H groups in total. The molecular formula is C29H36F4N8O3. The van der Waals surface area contributed by atoms with Crippen molar-refractivity contribution >= 4 is 28.7 Å². The molecule has 2 aromatic heterocycles. The number of likely N-dealkylation sites (tertiary alicyclic amines) is 1. The molecule has 2 fully saturated rings. The van der Waals surface area contributed by atoms with Gasteiger partial charge in [-0.05, 0) is 51.4 Å². The Labute approximate surface area is 251 Å². The van der Waals surface area contributed by atoms with Crippen molar-refractivity contribution in [2.24, 2.45) is 0 Å². The van der Waals surface area contributed by atoms with Gasteiger partial charge in [0.1, 0.15) is 12.7 Å². The van der Waals surface area contributed by atoms with E-state index in [0.717, 1.165) is 23.6 Å². The van der Waals surface area contributed by atoms with Gasteiger partial charge in [0.15, 0.2) is 0 Å². The second kappa shape index (κ2) is 12.9. The van der Waals surface area contributed by atoms with Gasteiger partial charge in [-0.15, -0.1) is 0 Å². The van der Waals surface area contributed by atoms with Gasteiger partial charge in [0.25, 0.3) is 5.91 Å². The lowest BCUT2D eigenvalue weighted by Gasteiger charge is -2.34. The second-order valence-corrected chi connectivity index (χ2v) is 11.5. The number of alkyl halides is 4. The van der Waals surface area contributed by atoms with Crippen LogP contribution in [0.2, 0.25) is 0 Å². The van der Waals surface area contributed by atoms with Crippen molar-refractivity contribution in [1.82, 2.24) is 30.2 Å². The zero-order chi connectivity index (χ0) is 31.5. The Kier molecular flexibility index (Phi) is 9.25. The van der Waals surface area contributed by atoms with E-state index in [9.17, 15) is 22.4 Å². The number of ether oxygens (including phenoxy) is 1. The molecule has 2 atom stereocenters. The molecule has 0 bridgehead atoms. The number of rotatable bonds is 10. The van der Waals surface area contributed by atoms with Crippen LogP contribution < -0.4 is 16.0 Å². The largest absolute Gasteiger partial charge is 0.406 e. The Balaban J connectivity index is 1.35. The molecule has 238 valence electrons. The molecule has 2 aliphatic rings. The summed E-state index contributed by atoms with van der Waals surface area (Å²) in [7, 11) is 1.84. The molecule has 1 amide bonds. The number of aromatic nitrogens is 3. The molecule has 2 saturated heterocycles. The lowest BCUT2D eigenvalue weighted by Crippen LogP contribution is -2.46. The van der Waals surface area contributed by atoms with Crippen LogP contribution in [-0.4, -0.2) is 89.0 Å². The fourth-order valence-corrected chi connectivity index (χ4v) is 5.44. The topological polar surface area (TPSA) is 133 Å². The summed E-state index contributed by atoms with van der Waals surface area (Å²) in [5.41, 5.74) is 0.646. The summed E-state index contributed by atoms with van der Waals surface area (Å²) in [5, 5.41) is 21.0. The number of carbonyl (C=O) groups is 1. The van der Waals surface area contributed by atoms with Gasteiger partial charge < -0.3 is 40.1 Å². The normalized spacial score (nSPS) is 21.3. The van der Waals surface area contributed by atoms with Crippen LogP contribution in [0.4, 0.5) is 23.2 Å². The lowest BCUT2D eigenvalue weighted by atomic mass is 9.93. The van der Waals surface area contributed by atoms with Gasteiger partial charge in [0.2, 0.25) is 11.7 Å². The molecule has 0 aliphatic carbocycles. The number of halogens is 4. The van der Waals surface area contributed by atoms with Crippen LogP contribution in [-0.2, 0) is 22.6 Å². The quantitative estimate of drug-likeness (QED) is 0.152. The van der Waals surface area contributed by atoms with Gasteiger partial charge in [-0.1, -0.05) is 11.2 Å². The van der Waals surface area contributed by atoms with Gasteiger partial charge in [0.05, 0.1) is 29.4 Å². The van der Waals surface area contributed by atoms with Crippen molar-refractivity contribution in [3.05, 3.63) is 41.9 Å². The van der Waals surface area contributed by atoms with E-state index < -0.39 is 30.8 Å². The number of piperidine rings is 1. The second-order valence-electron chi connectivity index (χ2n) is 11.5. The number of fused-ring (bicyclic) bond motifs is 1. The van der Waals surface area contributed by atoms with Gasteiger partial charge in [-0.25, -0.2) is 4.39 Å². The molecule has 4 heterocycles. The summed E-state index contributed by atoms with van der Waals surface area (Å²) >= 11 is 0. The van der Waals surface area contributed by atoms with E-state index in [4.69, 9.17) is 14.7 Å².